The van der Waals surface area contributed by atoms with Crippen LogP contribution in [0.25, 0.3) is 0 Å². The van der Waals surface area contributed by atoms with E-state index in [4.69, 9.17) is 0 Å². The summed E-state index contributed by atoms with van der Waals surface area (Å²) >= 11 is 0. The molecule has 98 valence electrons. The molecule has 0 aliphatic carbocycles. The Morgan fingerprint density at radius 3 is 2.63 bits per heavy atom. The highest BCUT2D eigenvalue weighted by Crippen LogP contribution is 2.22. The fourth-order valence-electron chi connectivity index (χ4n) is 2.00. The third-order valence-corrected chi connectivity index (χ3v) is 2.93. The number of rotatable bonds is 4. The lowest BCUT2D eigenvalue weighted by Gasteiger charge is -2.10. The molecule has 19 heavy (non-hydrogen) atoms. The molecule has 0 bridgehead atoms. The van der Waals surface area contributed by atoms with E-state index < -0.39 is 0 Å². The average molecular weight is 256 g/mol. The molecule has 0 atom stereocenters. The first-order valence-corrected chi connectivity index (χ1v) is 6.23. The first kappa shape index (κ1) is 13.0. The van der Waals surface area contributed by atoms with E-state index in [0.717, 1.165) is 29.8 Å². The lowest BCUT2D eigenvalue weighted by atomic mass is 10.0. The van der Waals surface area contributed by atoms with Gasteiger partial charge in [0, 0.05) is 13.2 Å². The minimum Gasteiger partial charge on any atom is -0.335 e. The Labute approximate surface area is 112 Å². The predicted molar refractivity (Wildman–Crippen MR) is 72.0 cm³/mol. The van der Waals surface area contributed by atoms with E-state index >= 15 is 0 Å². The zero-order valence-corrected chi connectivity index (χ0v) is 11.3. The van der Waals surface area contributed by atoms with Gasteiger partial charge in [-0.1, -0.05) is 13.8 Å². The van der Waals surface area contributed by atoms with Gasteiger partial charge in [0.25, 0.3) is 0 Å². The van der Waals surface area contributed by atoms with E-state index in [1.165, 1.54) is 0 Å². The summed E-state index contributed by atoms with van der Waals surface area (Å²) in [6.07, 6.45) is 5.05. The van der Waals surface area contributed by atoms with Crippen LogP contribution in [-0.4, -0.2) is 20.0 Å². The van der Waals surface area contributed by atoms with Crippen molar-refractivity contribution < 1.29 is 0 Å². The largest absolute Gasteiger partial charge is 0.335 e. The van der Waals surface area contributed by atoms with E-state index in [1.54, 1.807) is 10.9 Å². The van der Waals surface area contributed by atoms with Gasteiger partial charge in [0.2, 0.25) is 0 Å². The Morgan fingerprint density at radius 2 is 2.11 bits per heavy atom. The summed E-state index contributed by atoms with van der Waals surface area (Å²) in [5, 5.41) is 24.8. The minimum absolute atomic E-state index is 0.490. The van der Waals surface area contributed by atoms with Crippen LogP contribution in [0.2, 0.25) is 0 Å². The molecule has 2 aromatic heterocycles. The second-order valence-corrected chi connectivity index (χ2v) is 4.20. The Bertz CT molecular complexity index is 623. The van der Waals surface area contributed by atoms with Crippen molar-refractivity contribution in [2.45, 2.75) is 26.7 Å². The van der Waals surface area contributed by atoms with Crippen molar-refractivity contribution in [1.29, 1.82) is 5.26 Å². The van der Waals surface area contributed by atoms with E-state index in [9.17, 15) is 5.26 Å². The standard InChI is InChI=1S/C13H16N6/c1-4-10-11(6-14)13(18-17-12(10)5-2)16-9-7-15-19(3)8-9/h7-8H,4-5H2,1-3H3,(H,16,18). The SMILES string of the molecule is CCc1nnc(Nc2cnn(C)c2)c(C#N)c1CC. The highest BCUT2D eigenvalue weighted by molar-refractivity contribution is 5.63. The number of nitrogens with one attached hydrogen (secondary N) is 1. The molecule has 6 heteroatoms. The van der Waals surface area contributed by atoms with Crippen LogP contribution in [0.15, 0.2) is 12.4 Å². The Balaban J connectivity index is 2.43. The van der Waals surface area contributed by atoms with E-state index in [2.05, 4.69) is 26.7 Å². The second kappa shape index (κ2) is 5.48. The van der Waals surface area contributed by atoms with Gasteiger partial charge in [0.1, 0.15) is 11.6 Å². The molecule has 0 saturated carbocycles. The molecule has 0 unspecified atom stereocenters. The van der Waals surface area contributed by atoms with Gasteiger partial charge in [-0.05, 0) is 18.4 Å². The molecule has 2 heterocycles. The van der Waals surface area contributed by atoms with Crippen molar-refractivity contribution in [3.05, 3.63) is 29.2 Å². The molecule has 0 radical (unpaired) electrons. The molecule has 0 amide bonds. The van der Waals surface area contributed by atoms with Crippen LogP contribution in [0.5, 0.6) is 0 Å². The molecular formula is C13H16N6. The zero-order chi connectivity index (χ0) is 13.8. The molecule has 2 aromatic rings. The number of nitriles is 1. The molecule has 0 fully saturated rings. The smallest absolute Gasteiger partial charge is 0.171 e. The maximum absolute atomic E-state index is 9.35. The molecule has 1 N–H and O–H groups in total. The fourth-order valence-corrected chi connectivity index (χ4v) is 2.00. The maximum Gasteiger partial charge on any atom is 0.171 e. The number of aryl methyl sites for hydroxylation is 2. The van der Waals surface area contributed by atoms with Crippen LogP contribution in [0.1, 0.15) is 30.7 Å². The topological polar surface area (TPSA) is 79.4 Å². The van der Waals surface area contributed by atoms with E-state index in [0.29, 0.717) is 11.4 Å². The molecule has 2 rings (SSSR count). The van der Waals surface area contributed by atoms with Gasteiger partial charge < -0.3 is 5.32 Å². The number of nitrogens with zero attached hydrogens (tertiary/aromatic N) is 5. The first-order valence-electron chi connectivity index (χ1n) is 6.23. The molecule has 0 aliphatic rings. The van der Waals surface area contributed by atoms with Gasteiger partial charge in [-0.2, -0.15) is 15.5 Å². The Kier molecular flexibility index (Phi) is 3.76. The summed E-state index contributed by atoms with van der Waals surface area (Å²) in [7, 11) is 1.83. The van der Waals surface area contributed by atoms with Gasteiger partial charge in [-0.15, -0.1) is 5.10 Å². The summed E-state index contributed by atoms with van der Waals surface area (Å²) in [6, 6.07) is 2.22. The van der Waals surface area contributed by atoms with Crippen molar-refractivity contribution >= 4 is 11.5 Å². The van der Waals surface area contributed by atoms with Crippen LogP contribution in [0, 0.1) is 11.3 Å². The summed E-state index contributed by atoms with van der Waals surface area (Å²) in [4.78, 5) is 0. The van der Waals surface area contributed by atoms with Crippen molar-refractivity contribution in [1.82, 2.24) is 20.0 Å². The number of anilines is 2. The number of hydrogen-bond donors (Lipinski definition) is 1. The molecular weight excluding hydrogens is 240 g/mol. The van der Waals surface area contributed by atoms with Crippen molar-refractivity contribution in [3.63, 3.8) is 0 Å². The van der Waals surface area contributed by atoms with E-state index in [1.807, 2.05) is 27.1 Å². The zero-order valence-electron chi connectivity index (χ0n) is 11.3. The summed E-state index contributed by atoms with van der Waals surface area (Å²) in [5.74, 6) is 0.490. The van der Waals surface area contributed by atoms with Crippen LogP contribution >= 0.6 is 0 Å². The highest BCUT2D eigenvalue weighted by Gasteiger charge is 2.14. The van der Waals surface area contributed by atoms with Gasteiger partial charge in [-0.25, -0.2) is 0 Å². The molecule has 0 aliphatic heterocycles. The third kappa shape index (κ3) is 2.55. The van der Waals surface area contributed by atoms with Crippen molar-refractivity contribution in [3.8, 4) is 6.07 Å². The van der Waals surface area contributed by atoms with Crippen molar-refractivity contribution in [2.75, 3.05) is 5.32 Å². The lowest BCUT2D eigenvalue weighted by Crippen LogP contribution is -2.07. The molecule has 6 nitrogen and oxygen atoms in total. The third-order valence-electron chi connectivity index (χ3n) is 2.93. The van der Waals surface area contributed by atoms with Crippen LogP contribution < -0.4 is 5.32 Å². The second-order valence-electron chi connectivity index (χ2n) is 4.20. The highest BCUT2D eigenvalue weighted by atomic mass is 15.3. The quantitative estimate of drug-likeness (QED) is 0.904. The number of hydrogen-bond acceptors (Lipinski definition) is 5. The van der Waals surface area contributed by atoms with Gasteiger partial charge in [-0.3, -0.25) is 4.68 Å². The maximum atomic E-state index is 9.35. The van der Waals surface area contributed by atoms with Gasteiger partial charge >= 0.3 is 0 Å². The molecule has 0 saturated heterocycles. The average Bonchev–Trinajstić information content (AvgIpc) is 2.83. The van der Waals surface area contributed by atoms with Crippen LogP contribution in [0.3, 0.4) is 0 Å². The van der Waals surface area contributed by atoms with Gasteiger partial charge in [0.05, 0.1) is 17.6 Å². The summed E-state index contributed by atoms with van der Waals surface area (Å²) < 4.78 is 1.68. The molecule has 0 spiro atoms. The van der Waals surface area contributed by atoms with Crippen LogP contribution in [0.4, 0.5) is 11.5 Å². The van der Waals surface area contributed by atoms with Crippen LogP contribution in [-0.2, 0) is 19.9 Å². The minimum atomic E-state index is 0.490. The van der Waals surface area contributed by atoms with Gasteiger partial charge in [0.15, 0.2) is 5.82 Å². The predicted octanol–water partition coefficient (Wildman–Crippen LogP) is 1.95. The van der Waals surface area contributed by atoms with E-state index in [-0.39, 0.29) is 0 Å². The first-order chi connectivity index (χ1) is 9.19. The summed E-state index contributed by atoms with van der Waals surface area (Å²) in [5.41, 5.74) is 3.21. The summed E-state index contributed by atoms with van der Waals surface area (Å²) in [6.45, 7) is 4.03. The Hall–Kier alpha value is -2.42. The fraction of sp³-hybridized carbons (Fsp3) is 0.385. The normalized spacial score (nSPS) is 10.2. The lowest BCUT2D eigenvalue weighted by molar-refractivity contribution is 0.768. The Morgan fingerprint density at radius 1 is 1.32 bits per heavy atom. The van der Waals surface area contributed by atoms with Crippen molar-refractivity contribution in [2.24, 2.45) is 7.05 Å². The monoisotopic (exact) mass is 256 g/mol. The number of aromatic nitrogens is 4. The molecule has 0 aromatic carbocycles.